The third-order valence-corrected chi connectivity index (χ3v) is 4.72. The molecule has 3 rings (SSSR count). The molecule has 2 aromatic carbocycles. The van der Waals surface area contributed by atoms with Crippen LogP contribution in [0.25, 0.3) is 10.8 Å². The Balaban J connectivity index is 1.60. The molecule has 1 saturated heterocycles. The second-order valence-corrected chi connectivity index (χ2v) is 6.44. The Morgan fingerprint density at radius 3 is 2.27 bits per heavy atom. The van der Waals surface area contributed by atoms with Crippen molar-refractivity contribution in [2.45, 2.75) is 19.8 Å². The van der Waals surface area contributed by atoms with Crippen molar-refractivity contribution in [1.29, 1.82) is 0 Å². The van der Waals surface area contributed by atoms with Crippen molar-refractivity contribution >= 4 is 28.5 Å². The van der Waals surface area contributed by atoms with Crippen molar-refractivity contribution in [2.24, 2.45) is 5.92 Å². The lowest BCUT2D eigenvalue weighted by atomic mass is 9.96. The molecule has 1 aliphatic rings. The van der Waals surface area contributed by atoms with Gasteiger partial charge in [0.2, 0.25) is 11.8 Å². The number of phenolic OH excluding ortho intramolecular Hbond substituents is 1. The monoisotopic (exact) mass is 355 g/mol. The number of nitrogens with one attached hydrogen (secondary N) is 2. The van der Waals surface area contributed by atoms with E-state index in [1.807, 2.05) is 24.3 Å². The minimum Gasteiger partial charge on any atom is -0.507 e. The number of likely N-dealkylation sites (tertiary alicyclic amines) is 1. The first-order valence-corrected chi connectivity index (χ1v) is 8.53. The van der Waals surface area contributed by atoms with Gasteiger partial charge in [0.1, 0.15) is 5.75 Å². The fourth-order valence-corrected chi connectivity index (χ4v) is 3.15. The van der Waals surface area contributed by atoms with E-state index in [9.17, 15) is 19.5 Å². The Morgan fingerprint density at radius 2 is 1.65 bits per heavy atom. The van der Waals surface area contributed by atoms with E-state index in [1.165, 1.54) is 13.0 Å². The fourth-order valence-electron chi connectivity index (χ4n) is 3.15. The van der Waals surface area contributed by atoms with Crippen LogP contribution < -0.4 is 10.9 Å². The average Bonchev–Trinajstić information content (AvgIpc) is 2.65. The van der Waals surface area contributed by atoms with E-state index in [4.69, 9.17) is 0 Å². The lowest BCUT2D eigenvalue weighted by Gasteiger charge is -2.30. The number of hydrogen-bond donors (Lipinski definition) is 3. The Labute approximate surface area is 151 Å². The largest absolute Gasteiger partial charge is 0.507 e. The molecule has 3 amide bonds. The summed E-state index contributed by atoms with van der Waals surface area (Å²) in [5.41, 5.74) is 4.87. The number of phenols is 1. The van der Waals surface area contributed by atoms with Gasteiger partial charge in [0, 0.05) is 25.9 Å². The molecule has 0 aliphatic carbocycles. The van der Waals surface area contributed by atoms with Crippen LogP contribution in [0.15, 0.2) is 36.4 Å². The fraction of sp³-hybridized carbons (Fsp3) is 0.316. The Bertz CT molecular complexity index is 857. The van der Waals surface area contributed by atoms with Gasteiger partial charge in [0.15, 0.2) is 0 Å². The van der Waals surface area contributed by atoms with Crippen LogP contribution >= 0.6 is 0 Å². The molecule has 0 saturated carbocycles. The second-order valence-electron chi connectivity index (χ2n) is 6.44. The highest BCUT2D eigenvalue weighted by Gasteiger charge is 2.26. The van der Waals surface area contributed by atoms with E-state index in [0.29, 0.717) is 25.9 Å². The van der Waals surface area contributed by atoms with Gasteiger partial charge in [0.05, 0.1) is 5.56 Å². The van der Waals surface area contributed by atoms with Crippen molar-refractivity contribution in [2.75, 3.05) is 13.1 Å². The molecular weight excluding hydrogens is 334 g/mol. The Hall–Kier alpha value is -3.09. The van der Waals surface area contributed by atoms with Crippen LogP contribution in [-0.4, -0.2) is 40.8 Å². The zero-order chi connectivity index (χ0) is 18.7. The molecule has 1 fully saturated rings. The minimum absolute atomic E-state index is 0.00365. The third-order valence-electron chi connectivity index (χ3n) is 4.72. The van der Waals surface area contributed by atoms with Gasteiger partial charge >= 0.3 is 0 Å². The predicted octanol–water partition coefficient (Wildman–Crippen LogP) is 1.56. The van der Waals surface area contributed by atoms with Gasteiger partial charge in [-0.25, -0.2) is 0 Å². The number of carbonyl (C=O) groups excluding carboxylic acids is 3. The number of hydrazine groups is 1. The highest BCUT2D eigenvalue weighted by atomic mass is 16.3. The van der Waals surface area contributed by atoms with Crippen molar-refractivity contribution in [3.8, 4) is 5.75 Å². The highest BCUT2D eigenvalue weighted by molar-refractivity contribution is 6.02. The molecule has 1 heterocycles. The van der Waals surface area contributed by atoms with E-state index >= 15 is 0 Å². The van der Waals surface area contributed by atoms with Crippen LogP contribution in [0.5, 0.6) is 5.75 Å². The standard InChI is InChI=1S/C19H21N3O4/c1-12(23)22-8-6-13(7-9-22)18(25)20-21-19(26)16-10-14-4-2-3-5-15(14)11-17(16)24/h2-5,10-11,13,24H,6-9H2,1H3,(H,20,25)(H,21,26). The van der Waals surface area contributed by atoms with Gasteiger partial charge in [-0.1, -0.05) is 24.3 Å². The molecule has 26 heavy (non-hydrogen) atoms. The number of fused-ring (bicyclic) bond motifs is 1. The normalized spacial score (nSPS) is 14.9. The molecule has 136 valence electrons. The summed E-state index contributed by atoms with van der Waals surface area (Å²) < 4.78 is 0. The lowest BCUT2D eigenvalue weighted by Crippen LogP contribution is -2.48. The summed E-state index contributed by atoms with van der Waals surface area (Å²) in [7, 11) is 0. The summed E-state index contributed by atoms with van der Waals surface area (Å²) in [6, 6.07) is 10.5. The molecule has 3 N–H and O–H groups in total. The average molecular weight is 355 g/mol. The predicted molar refractivity (Wildman–Crippen MR) is 96.2 cm³/mol. The molecule has 7 heteroatoms. The van der Waals surface area contributed by atoms with Crippen LogP contribution in [0.4, 0.5) is 0 Å². The van der Waals surface area contributed by atoms with Gasteiger partial charge < -0.3 is 10.0 Å². The zero-order valence-electron chi connectivity index (χ0n) is 14.5. The third kappa shape index (κ3) is 3.77. The van der Waals surface area contributed by atoms with E-state index in [1.54, 1.807) is 11.0 Å². The molecule has 0 spiro atoms. The van der Waals surface area contributed by atoms with Crippen molar-refractivity contribution in [1.82, 2.24) is 15.8 Å². The summed E-state index contributed by atoms with van der Waals surface area (Å²) >= 11 is 0. The Morgan fingerprint density at radius 1 is 1.04 bits per heavy atom. The van der Waals surface area contributed by atoms with Gasteiger partial charge in [-0.05, 0) is 35.7 Å². The quantitative estimate of drug-likeness (QED) is 0.712. The number of hydrogen-bond acceptors (Lipinski definition) is 4. The van der Waals surface area contributed by atoms with E-state index < -0.39 is 5.91 Å². The zero-order valence-corrected chi connectivity index (χ0v) is 14.5. The number of rotatable bonds is 2. The molecular formula is C19H21N3O4. The molecule has 2 aromatic rings. The molecule has 0 atom stereocenters. The summed E-state index contributed by atoms with van der Waals surface area (Å²) in [4.78, 5) is 37.5. The molecule has 0 radical (unpaired) electrons. The maximum Gasteiger partial charge on any atom is 0.273 e. The Kier molecular flexibility index (Phi) is 5.06. The van der Waals surface area contributed by atoms with Gasteiger partial charge in [-0.2, -0.15) is 0 Å². The molecule has 0 bridgehead atoms. The van der Waals surface area contributed by atoms with E-state index in [2.05, 4.69) is 10.9 Å². The van der Waals surface area contributed by atoms with E-state index in [0.717, 1.165) is 10.8 Å². The van der Waals surface area contributed by atoms with Crippen LogP contribution in [0.3, 0.4) is 0 Å². The van der Waals surface area contributed by atoms with Gasteiger partial charge in [-0.3, -0.25) is 25.2 Å². The number of nitrogens with zero attached hydrogens (tertiary/aromatic N) is 1. The second kappa shape index (κ2) is 7.43. The minimum atomic E-state index is -0.581. The summed E-state index contributed by atoms with van der Waals surface area (Å²) in [5.74, 6) is -1.27. The number of aromatic hydroxyl groups is 1. The molecule has 7 nitrogen and oxygen atoms in total. The SMILES string of the molecule is CC(=O)N1CCC(C(=O)NNC(=O)c2cc3ccccc3cc2O)CC1. The van der Waals surface area contributed by atoms with Crippen molar-refractivity contribution in [3.63, 3.8) is 0 Å². The number of benzene rings is 2. The molecule has 1 aliphatic heterocycles. The highest BCUT2D eigenvalue weighted by Crippen LogP contribution is 2.24. The maximum atomic E-state index is 12.3. The van der Waals surface area contributed by atoms with Crippen LogP contribution in [0, 0.1) is 5.92 Å². The van der Waals surface area contributed by atoms with Gasteiger partial charge in [0.25, 0.3) is 5.91 Å². The summed E-state index contributed by atoms with van der Waals surface area (Å²) in [6.07, 6.45) is 1.12. The molecule has 0 aromatic heterocycles. The first-order valence-electron chi connectivity index (χ1n) is 8.53. The van der Waals surface area contributed by atoms with Crippen LogP contribution in [0.2, 0.25) is 0 Å². The van der Waals surface area contributed by atoms with E-state index in [-0.39, 0.29) is 29.0 Å². The van der Waals surface area contributed by atoms with Crippen LogP contribution in [-0.2, 0) is 9.59 Å². The maximum absolute atomic E-state index is 12.3. The number of carbonyl (C=O) groups is 3. The number of amides is 3. The first kappa shape index (κ1) is 17.7. The summed E-state index contributed by atoms with van der Waals surface area (Å²) in [6.45, 7) is 2.58. The van der Waals surface area contributed by atoms with Crippen molar-refractivity contribution < 1.29 is 19.5 Å². The molecule has 0 unspecified atom stereocenters. The topological polar surface area (TPSA) is 98.7 Å². The lowest BCUT2D eigenvalue weighted by molar-refractivity contribution is -0.134. The van der Waals surface area contributed by atoms with Gasteiger partial charge in [-0.15, -0.1) is 0 Å². The summed E-state index contributed by atoms with van der Waals surface area (Å²) in [5, 5.41) is 11.7. The number of piperidine rings is 1. The van der Waals surface area contributed by atoms with Crippen molar-refractivity contribution in [3.05, 3.63) is 42.0 Å². The smallest absolute Gasteiger partial charge is 0.273 e. The first-order chi connectivity index (χ1) is 12.5. The van der Waals surface area contributed by atoms with Crippen LogP contribution in [0.1, 0.15) is 30.1 Å².